The van der Waals surface area contributed by atoms with Gasteiger partial charge in [-0.05, 0) is 25.7 Å². The van der Waals surface area contributed by atoms with Gasteiger partial charge >= 0.3 is 5.97 Å². The van der Waals surface area contributed by atoms with Gasteiger partial charge in [0.15, 0.2) is 0 Å². The first-order chi connectivity index (χ1) is 8.08. The Morgan fingerprint density at radius 3 is 2.35 bits per heavy atom. The molecule has 0 N–H and O–H groups in total. The molecule has 1 saturated carbocycles. The van der Waals surface area contributed by atoms with Gasteiger partial charge in [-0.2, -0.15) is 0 Å². The lowest BCUT2D eigenvalue weighted by atomic mass is 9.94. The molecule has 96 valence electrons. The Balaban J connectivity index is 2.52. The Hall–Kier alpha value is -1.19. The standard InChI is InChI=1S/C13H20O4/c1-3-12(15)11(13(16)17-4-2)8-10(14)7-9-5-6-9/h9,11H,3-8H2,1-2H3. The van der Waals surface area contributed by atoms with Crippen molar-refractivity contribution in [3.8, 4) is 0 Å². The number of carbonyl (C=O) groups excluding carboxylic acids is 3. The van der Waals surface area contributed by atoms with Crippen molar-refractivity contribution in [3.63, 3.8) is 0 Å². The van der Waals surface area contributed by atoms with E-state index in [1.807, 2.05) is 0 Å². The molecule has 0 spiro atoms. The highest BCUT2D eigenvalue weighted by Crippen LogP contribution is 2.33. The summed E-state index contributed by atoms with van der Waals surface area (Å²) in [6.07, 6.45) is 2.98. The van der Waals surface area contributed by atoms with Crippen LogP contribution in [0.5, 0.6) is 0 Å². The van der Waals surface area contributed by atoms with Crippen LogP contribution in [0, 0.1) is 11.8 Å². The molecule has 1 fully saturated rings. The van der Waals surface area contributed by atoms with Gasteiger partial charge in [0.1, 0.15) is 17.5 Å². The van der Waals surface area contributed by atoms with Crippen LogP contribution in [0.4, 0.5) is 0 Å². The van der Waals surface area contributed by atoms with Crippen molar-refractivity contribution >= 4 is 17.5 Å². The molecule has 0 amide bonds. The summed E-state index contributed by atoms with van der Waals surface area (Å²) in [6.45, 7) is 3.63. The van der Waals surface area contributed by atoms with Crippen LogP contribution in [0.15, 0.2) is 0 Å². The fraction of sp³-hybridized carbons (Fsp3) is 0.769. The maximum atomic E-state index is 11.7. The molecule has 1 rings (SSSR count). The van der Waals surface area contributed by atoms with Crippen molar-refractivity contribution in [2.75, 3.05) is 6.61 Å². The van der Waals surface area contributed by atoms with Crippen LogP contribution in [-0.4, -0.2) is 24.1 Å². The van der Waals surface area contributed by atoms with Gasteiger partial charge in [0.05, 0.1) is 6.61 Å². The summed E-state index contributed by atoms with van der Waals surface area (Å²) in [5.74, 6) is -1.14. The summed E-state index contributed by atoms with van der Waals surface area (Å²) in [4.78, 5) is 34.9. The normalized spacial score (nSPS) is 16.4. The molecule has 0 saturated heterocycles. The number of rotatable bonds is 8. The average molecular weight is 240 g/mol. The SMILES string of the molecule is CCOC(=O)C(CC(=O)CC1CC1)C(=O)CC. The van der Waals surface area contributed by atoms with E-state index in [2.05, 4.69) is 0 Å². The molecule has 1 aliphatic carbocycles. The van der Waals surface area contributed by atoms with E-state index in [-0.39, 0.29) is 31.0 Å². The van der Waals surface area contributed by atoms with Crippen LogP contribution in [0.2, 0.25) is 0 Å². The maximum Gasteiger partial charge on any atom is 0.316 e. The Morgan fingerprint density at radius 2 is 1.88 bits per heavy atom. The average Bonchev–Trinajstić information content (AvgIpc) is 3.09. The van der Waals surface area contributed by atoms with Gasteiger partial charge in [-0.25, -0.2) is 0 Å². The minimum Gasteiger partial charge on any atom is -0.465 e. The molecule has 1 atom stereocenters. The lowest BCUT2D eigenvalue weighted by Crippen LogP contribution is -2.28. The molecule has 1 aliphatic rings. The van der Waals surface area contributed by atoms with E-state index in [9.17, 15) is 14.4 Å². The molecule has 0 bridgehead atoms. The molecular weight excluding hydrogens is 220 g/mol. The van der Waals surface area contributed by atoms with Gasteiger partial charge < -0.3 is 4.74 Å². The first-order valence-electron chi connectivity index (χ1n) is 6.29. The molecule has 4 heteroatoms. The van der Waals surface area contributed by atoms with E-state index >= 15 is 0 Å². The highest BCUT2D eigenvalue weighted by molar-refractivity contribution is 6.02. The van der Waals surface area contributed by atoms with Crippen LogP contribution in [0.1, 0.15) is 46.0 Å². The minimum absolute atomic E-state index is 0.00681. The molecular formula is C13H20O4. The van der Waals surface area contributed by atoms with Gasteiger partial charge in [0, 0.05) is 19.3 Å². The molecule has 17 heavy (non-hydrogen) atoms. The van der Waals surface area contributed by atoms with Gasteiger partial charge in [0.25, 0.3) is 0 Å². The third kappa shape index (κ3) is 4.67. The number of Topliss-reactive ketones (excluding diaryl/α,β-unsaturated/α-hetero) is 2. The van der Waals surface area contributed by atoms with Crippen molar-refractivity contribution in [2.45, 2.75) is 46.0 Å². The number of esters is 1. The zero-order chi connectivity index (χ0) is 12.8. The summed E-state index contributed by atoms with van der Waals surface area (Å²) in [5.41, 5.74) is 0. The smallest absolute Gasteiger partial charge is 0.316 e. The van der Waals surface area contributed by atoms with Crippen molar-refractivity contribution in [1.82, 2.24) is 0 Å². The minimum atomic E-state index is -0.883. The molecule has 1 unspecified atom stereocenters. The van der Waals surface area contributed by atoms with Crippen LogP contribution >= 0.6 is 0 Å². The summed E-state index contributed by atoms with van der Waals surface area (Å²) in [6, 6.07) is 0. The Kier molecular flexibility index (Phi) is 5.32. The van der Waals surface area contributed by atoms with E-state index in [1.54, 1.807) is 13.8 Å². The van der Waals surface area contributed by atoms with Crippen molar-refractivity contribution in [2.24, 2.45) is 11.8 Å². The second kappa shape index (κ2) is 6.52. The van der Waals surface area contributed by atoms with E-state index in [4.69, 9.17) is 4.74 Å². The van der Waals surface area contributed by atoms with E-state index in [1.165, 1.54) is 0 Å². The van der Waals surface area contributed by atoms with Gasteiger partial charge in [0.2, 0.25) is 0 Å². The Morgan fingerprint density at radius 1 is 1.24 bits per heavy atom. The van der Waals surface area contributed by atoms with Gasteiger partial charge in [-0.15, -0.1) is 0 Å². The van der Waals surface area contributed by atoms with E-state index < -0.39 is 11.9 Å². The quantitative estimate of drug-likeness (QED) is 0.480. The third-order valence-electron chi connectivity index (χ3n) is 2.95. The summed E-state index contributed by atoms with van der Waals surface area (Å²) in [7, 11) is 0. The predicted molar refractivity (Wildman–Crippen MR) is 62.4 cm³/mol. The van der Waals surface area contributed by atoms with Gasteiger partial charge in [-0.3, -0.25) is 14.4 Å². The van der Waals surface area contributed by atoms with Crippen LogP contribution in [-0.2, 0) is 19.1 Å². The van der Waals surface area contributed by atoms with Crippen LogP contribution in [0.25, 0.3) is 0 Å². The fourth-order valence-electron chi connectivity index (χ4n) is 1.77. The number of hydrogen-bond acceptors (Lipinski definition) is 4. The molecule has 0 aromatic rings. The lowest BCUT2D eigenvalue weighted by molar-refractivity contribution is -0.153. The monoisotopic (exact) mass is 240 g/mol. The van der Waals surface area contributed by atoms with Gasteiger partial charge in [-0.1, -0.05) is 6.92 Å². The van der Waals surface area contributed by atoms with Crippen molar-refractivity contribution in [3.05, 3.63) is 0 Å². The van der Waals surface area contributed by atoms with E-state index in [0.717, 1.165) is 12.8 Å². The maximum absolute atomic E-state index is 11.7. The third-order valence-corrected chi connectivity index (χ3v) is 2.95. The zero-order valence-corrected chi connectivity index (χ0v) is 10.5. The molecule has 4 nitrogen and oxygen atoms in total. The highest BCUT2D eigenvalue weighted by Gasteiger charge is 2.31. The topological polar surface area (TPSA) is 60.4 Å². The number of carbonyl (C=O) groups is 3. The first kappa shape index (κ1) is 13.9. The largest absolute Gasteiger partial charge is 0.465 e. The molecule has 0 heterocycles. The van der Waals surface area contributed by atoms with Crippen molar-refractivity contribution in [1.29, 1.82) is 0 Å². The molecule has 0 aliphatic heterocycles. The van der Waals surface area contributed by atoms with E-state index in [0.29, 0.717) is 12.3 Å². The summed E-state index contributed by atoms with van der Waals surface area (Å²) < 4.78 is 4.84. The number of hydrogen-bond donors (Lipinski definition) is 0. The van der Waals surface area contributed by atoms with Crippen LogP contribution in [0.3, 0.4) is 0 Å². The highest BCUT2D eigenvalue weighted by atomic mass is 16.5. The summed E-state index contributed by atoms with van der Waals surface area (Å²) >= 11 is 0. The predicted octanol–water partition coefficient (Wildman–Crippen LogP) is 1.90. The lowest BCUT2D eigenvalue weighted by Gasteiger charge is -2.12. The number of ketones is 2. The second-order valence-corrected chi connectivity index (χ2v) is 4.51. The summed E-state index contributed by atoms with van der Waals surface area (Å²) in [5, 5.41) is 0. The molecule has 0 aromatic carbocycles. The molecule has 0 aromatic heterocycles. The molecule has 0 radical (unpaired) electrons. The second-order valence-electron chi connectivity index (χ2n) is 4.51. The van der Waals surface area contributed by atoms with Crippen LogP contribution < -0.4 is 0 Å². The fourth-order valence-corrected chi connectivity index (χ4v) is 1.77. The number of ether oxygens (including phenoxy) is 1. The Labute approximate surface area is 102 Å². The van der Waals surface area contributed by atoms with Crippen molar-refractivity contribution < 1.29 is 19.1 Å². The first-order valence-corrected chi connectivity index (χ1v) is 6.29. The zero-order valence-electron chi connectivity index (χ0n) is 10.5. The Bertz CT molecular complexity index is 305.